The van der Waals surface area contributed by atoms with Gasteiger partial charge in [0.1, 0.15) is 17.5 Å². The van der Waals surface area contributed by atoms with E-state index in [-0.39, 0.29) is 5.92 Å². The molecule has 0 saturated heterocycles. The average molecular weight is 270 g/mol. The zero-order valence-electron chi connectivity index (χ0n) is 12.8. The molecular formula is C16H22N4. The van der Waals surface area contributed by atoms with Gasteiger partial charge in [0.25, 0.3) is 0 Å². The molecule has 0 spiro atoms. The van der Waals surface area contributed by atoms with E-state index in [0.29, 0.717) is 5.82 Å². The van der Waals surface area contributed by atoms with Gasteiger partial charge >= 0.3 is 0 Å². The lowest BCUT2D eigenvalue weighted by atomic mass is 10.1. The molecule has 0 saturated carbocycles. The molecule has 0 atom stereocenters. The normalized spacial score (nSPS) is 10.9. The molecule has 0 fully saturated rings. The maximum Gasteiger partial charge on any atom is 0.138 e. The molecular weight excluding hydrogens is 248 g/mol. The SMILES string of the molecule is Cc1cc(C)cc(N(C)c2cc(N)nc(C(C)C)n2)c1. The van der Waals surface area contributed by atoms with Crippen molar-refractivity contribution in [1.82, 2.24) is 9.97 Å². The van der Waals surface area contributed by atoms with E-state index in [1.807, 2.05) is 18.0 Å². The Bertz CT molecular complexity index is 600. The summed E-state index contributed by atoms with van der Waals surface area (Å²) >= 11 is 0. The number of benzene rings is 1. The number of aryl methyl sites for hydroxylation is 2. The standard InChI is InChI=1S/C16H22N4/c1-10(2)16-18-14(17)9-15(19-16)20(5)13-7-11(3)6-12(4)8-13/h6-10H,1-5H3,(H2,17,18,19). The van der Waals surface area contributed by atoms with Crippen LogP contribution in [0.2, 0.25) is 0 Å². The Labute approximate surface area is 120 Å². The Hall–Kier alpha value is -2.10. The monoisotopic (exact) mass is 270 g/mol. The second-order valence-electron chi connectivity index (χ2n) is 5.57. The van der Waals surface area contributed by atoms with E-state index in [9.17, 15) is 0 Å². The molecule has 4 heteroatoms. The summed E-state index contributed by atoms with van der Waals surface area (Å²) in [6, 6.07) is 8.25. The van der Waals surface area contributed by atoms with Crippen LogP contribution in [0.5, 0.6) is 0 Å². The van der Waals surface area contributed by atoms with Crippen LogP contribution in [0, 0.1) is 13.8 Å². The van der Waals surface area contributed by atoms with Gasteiger partial charge < -0.3 is 10.6 Å². The lowest BCUT2D eigenvalue weighted by molar-refractivity contribution is 0.775. The zero-order valence-corrected chi connectivity index (χ0v) is 12.8. The predicted molar refractivity (Wildman–Crippen MR) is 84.5 cm³/mol. The van der Waals surface area contributed by atoms with Crippen LogP contribution < -0.4 is 10.6 Å². The molecule has 1 heterocycles. The number of anilines is 3. The summed E-state index contributed by atoms with van der Waals surface area (Å²) in [4.78, 5) is 10.9. The van der Waals surface area contributed by atoms with Gasteiger partial charge in [-0.2, -0.15) is 0 Å². The van der Waals surface area contributed by atoms with Crippen LogP contribution in [-0.2, 0) is 0 Å². The number of rotatable bonds is 3. The van der Waals surface area contributed by atoms with Gasteiger partial charge in [-0.15, -0.1) is 0 Å². The molecule has 2 rings (SSSR count). The second kappa shape index (κ2) is 5.49. The third kappa shape index (κ3) is 3.07. The third-order valence-corrected chi connectivity index (χ3v) is 3.20. The highest BCUT2D eigenvalue weighted by Gasteiger charge is 2.11. The molecule has 0 radical (unpaired) electrons. The number of nitrogens with two attached hydrogens (primary N) is 1. The molecule has 0 unspecified atom stereocenters. The fraction of sp³-hybridized carbons (Fsp3) is 0.375. The topological polar surface area (TPSA) is 55.0 Å². The van der Waals surface area contributed by atoms with Crippen LogP contribution >= 0.6 is 0 Å². The molecule has 2 N–H and O–H groups in total. The van der Waals surface area contributed by atoms with Crippen molar-refractivity contribution in [3.63, 3.8) is 0 Å². The van der Waals surface area contributed by atoms with E-state index in [0.717, 1.165) is 17.3 Å². The van der Waals surface area contributed by atoms with Gasteiger partial charge in [0.05, 0.1) is 0 Å². The van der Waals surface area contributed by atoms with Crippen molar-refractivity contribution >= 4 is 17.3 Å². The summed E-state index contributed by atoms with van der Waals surface area (Å²) in [6.07, 6.45) is 0. The zero-order chi connectivity index (χ0) is 14.9. The first-order valence-electron chi connectivity index (χ1n) is 6.83. The van der Waals surface area contributed by atoms with Crippen molar-refractivity contribution in [2.24, 2.45) is 0 Å². The van der Waals surface area contributed by atoms with Crippen molar-refractivity contribution in [3.8, 4) is 0 Å². The first kappa shape index (κ1) is 14.3. The first-order chi connectivity index (χ1) is 9.36. The van der Waals surface area contributed by atoms with E-state index < -0.39 is 0 Å². The van der Waals surface area contributed by atoms with Gasteiger partial charge in [0, 0.05) is 24.7 Å². The molecule has 1 aromatic carbocycles. The van der Waals surface area contributed by atoms with Crippen LogP contribution in [0.3, 0.4) is 0 Å². The van der Waals surface area contributed by atoms with E-state index in [1.165, 1.54) is 11.1 Å². The van der Waals surface area contributed by atoms with Gasteiger partial charge in [-0.3, -0.25) is 0 Å². The van der Waals surface area contributed by atoms with E-state index >= 15 is 0 Å². The molecule has 2 aromatic rings. The van der Waals surface area contributed by atoms with Crippen LogP contribution in [-0.4, -0.2) is 17.0 Å². The minimum absolute atomic E-state index is 0.255. The highest BCUT2D eigenvalue weighted by atomic mass is 15.2. The number of aromatic nitrogens is 2. The molecule has 20 heavy (non-hydrogen) atoms. The highest BCUT2D eigenvalue weighted by molar-refractivity contribution is 5.62. The van der Waals surface area contributed by atoms with Gasteiger partial charge in [-0.25, -0.2) is 9.97 Å². The molecule has 0 amide bonds. The van der Waals surface area contributed by atoms with Crippen molar-refractivity contribution in [3.05, 3.63) is 41.2 Å². The summed E-state index contributed by atoms with van der Waals surface area (Å²) in [5.74, 6) is 2.36. The second-order valence-corrected chi connectivity index (χ2v) is 5.57. The van der Waals surface area contributed by atoms with Crippen LogP contribution in [0.15, 0.2) is 24.3 Å². The number of hydrogen-bond acceptors (Lipinski definition) is 4. The minimum atomic E-state index is 0.255. The Morgan fingerprint density at radius 1 is 1.00 bits per heavy atom. The summed E-state index contributed by atoms with van der Waals surface area (Å²) in [7, 11) is 2.00. The summed E-state index contributed by atoms with van der Waals surface area (Å²) in [5, 5.41) is 0. The summed E-state index contributed by atoms with van der Waals surface area (Å²) < 4.78 is 0. The van der Waals surface area contributed by atoms with Crippen LogP contribution in [0.4, 0.5) is 17.3 Å². The highest BCUT2D eigenvalue weighted by Crippen LogP contribution is 2.26. The Morgan fingerprint density at radius 2 is 1.60 bits per heavy atom. The molecule has 0 aliphatic carbocycles. The first-order valence-corrected chi connectivity index (χ1v) is 6.83. The summed E-state index contributed by atoms with van der Waals surface area (Å²) in [5.41, 5.74) is 9.47. The molecule has 0 aliphatic rings. The van der Waals surface area contributed by atoms with Crippen molar-refractivity contribution in [1.29, 1.82) is 0 Å². The molecule has 1 aromatic heterocycles. The van der Waals surface area contributed by atoms with Crippen molar-refractivity contribution < 1.29 is 0 Å². The molecule has 4 nitrogen and oxygen atoms in total. The molecule has 0 bridgehead atoms. The minimum Gasteiger partial charge on any atom is -0.384 e. The number of hydrogen-bond donors (Lipinski definition) is 1. The quantitative estimate of drug-likeness (QED) is 0.926. The van der Waals surface area contributed by atoms with Crippen LogP contribution in [0.1, 0.15) is 36.7 Å². The van der Waals surface area contributed by atoms with Gasteiger partial charge in [0.15, 0.2) is 0 Å². The van der Waals surface area contributed by atoms with Gasteiger partial charge in [0.2, 0.25) is 0 Å². The lowest BCUT2D eigenvalue weighted by Crippen LogP contribution is -2.14. The largest absolute Gasteiger partial charge is 0.384 e. The maximum atomic E-state index is 5.90. The van der Waals surface area contributed by atoms with Gasteiger partial charge in [-0.1, -0.05) is 19.9 Å². The van der Waals surface area contributed by atoms with E-state index in [2.05, 4.69) is 55.9 Å². The van der Waals surface area contributed by atoms with E-state index in [1.54, 1.807) is 0 Å². The number of nitrogens with zero attached hydrogens (tertiary/aromatic N) is 3. The third-order valence-electron chi connectivity index (χ3n) is 3.20. The maximum absolute atomic E-state index is 5.90. The Kier molecular flexibility index (Phi) is 3.93. The Morgan fingerprint density at radius 3 is 2.15 bits per heavy atom. The fourth-order valence-electron chi connectivity index (χ4n) is 2.18. The van der Waals surface area contributed by atoms with Crippen LogP contribution in [0.25, 0.3) is 0 Å². The smallest absolute Gasteiger partial charge is 0.138 e. The lowest BCUT2D eigenvalue weighted by Gasteiger charge is -2.21. The predicted octanol–water partition coefficient (Wildman–Crippen LogP) is 3.57. The van der Waals surface area contributed by atoms with Crippen molar-refractivity contribution in [2.45, 2.75) is 33.6 Å². The summed E-state index contributed by atoms with van der Waals surface area (Å²) in [6.45, 7) is 8.32. The fourth-order valence-corrected chi connectivity index (χ4v) is 2.18. The van der Waals surface area contributed by atoms with E-state index in [4.69, 9.17) is 5.73 Å². The Balaban J connectivity index is 2.44. The molecule has 0 aliphatic heterocycles. The molecule has 106 valence electrons. The average Bonchev–Trinajstić information content (AvgIpc) is 2.35. The number of nitrogen functional groups attached to an aromatic ring is 1. The van der Waals surface area contributed by atoms with Gasteiger partial charge in [-0.05, 0) is 37.1 Å². The van der Waals surface area contributed by atoms with Crippen molar-refractivity contribution in [2.75, 3.05) is 17.7 Å².